The van der Waals surface area contributed by atoms with E-state index in [1.165, 1.54) is 19.2 Å². The Morgan fingerprint density at radius 2 is 1.89 bits per heavy atom. The number of ether oxygens (including phenoxy) is 2. The number of hydrogen-bond acceptors (Lipinski definition) is 4. The molecule has 6 nitrogen and oxygen atoms in total. The van der Waals surface area contributed by atoms with E-state index < -0.39 is 50.0 Å². The highest BCUT2D eigenvalue weighted by Crippen LogP contribution is 2.30. The van der Waals surface area contributed by atoms with E-state index in [1.807, 2.05) is 0 Å². The number of halogens is 6. The molecule has 192 valence electrons. The molecular weight excluding hydrogens is 543 g/mol. The summed E-state index contributed by atoms with van der Waals surface area (Å²) in [4.78, 5) is 24.7. The zero-order valence-electron chi connectivity index (χ0n) is 18.7. The van der Waals surface area contributed by atoms with E-state index in [0.717, 1.165) is 11.0 Å². The Kier molecular flexibility index (Phi) is 11.2. The van der Waals surface area contributed by atoms with Gasteiger partial charge >= 0.3 is 0 Å². The molecule has 0 aliphatic rings. The summed E-state index contributed by atoms with van der Waals surface area (Å²) in [7, 11) is 1.41. The van der Waals surface area contributed by atoms with Crippen molar-refractivity contribution in [2.45, 2.75) is 31.9 Å². The van der Waals surface area contributed by atoms with Crippen molar-refractivity contribution < 1.29 is 41.0 Å². The number of benzene rings is 2. The second-order valence-electron chi connectivity index (χ2n) is 7.52. The molecule has 2 aromatic carbocycles. The van der Waals surface area contributed by atoms with Crippen LogP contribution < -0.4 is 14.8 Å². The van der Waals surface area contributed by atoms with Gasteiger partial charge in [-0.15, -0.1) is 0 Å². The molecule has 12 heteroatoms. The highest BCUT2D eigenvalue weighted by atomic mass is 79.9. The first-order chi connectivity index (χ1) is 16.7. The van der Waals surface area contributed by atoms with Crippen LogP contribution in [0.2, 0.25) is 0 Å². The van der Waals surface area contributed by atoms with Crippen molar-refractivity contribution in [3.8, 4) is 11.5 Å². The Morgan fingerprint density at radius 3 is 2.51 bits per heavy atom. The van der Waals surface area contributed by atoms with Gasteiger partial charge in [-0.2, -0.15) is 0 Å². The van der Waals surface area contributed by atoms with Crippen LogP contribution in [0, 0.1) is 5.82 Å². The van der Waals surface area contributed by atoms with Crippen LogP contribution in [0.1, 0.15) is 17.5 Å². The Bertz CT molecular complexity index is 1010. The van der Waals surface area contributed by atoms with Crippen molar-refractivity contribution in [1.29, 1.82) is 0 Å². The second-order valence-corrected chi connectivity index (χ2v) is 8.43. The van der Waals surface area contributed by atoms with Gasteiger partial charge < -0.3 is 19.7 Å². The maximum Gasteiger partial charge on any atom is 0.272 e. The number of alkyl halides is 4. The molecule has 0 saturated carbocycles. The molecule has 2 amide bonds. The Labute approximate surface area is 207 Å². The fourth-order valence-electron chi connectivity index (χ4n) is 3.06. The van der Waals surface area contributed by atoms with Gasteiger partial charge in [-0.05, 0) is 36.2 Å². The fourth-order valence-corrected chi connectivity index (χ4v) is 3.47. The van der Waals surface area contributed by atoms with E-state index >= 15 is 0 Å². The van der Waals surface area contributed by atoms with Crippen molar-refractivity contribution in [1.82, 2.24) is 4.90 Å². The Balaban J connectivity index is 2.17. The summed E-state index contributed by atoms with van der Waals surface area (Å²) >= 11 is 3.28. The Hall–Kier alpha value is -2.89. The number of nitrogens with one attached hydrogen (secondary N) is 1. The van der Waals surface area contributed by atoms with E-state index in [1.54, 1.807) is 12.1 Å². The maximum absolute atomic E-state index is 14.7. The summed E-state index contributed by atoms with van der Waals surface area (Å²) in [6, 6.07) is 7.03. The van der Waals surface area contributed by atoms with Gasteiger partial charge in [0.05, 0.1) is 0 Å². The average Bonchev–Trinajstić information content (AvgIpc) is 2.81. The SMILES string of the molecule is CN(C=O)Cc1cc(NC(=O)CCc2cc(Br)ccc2OCC(F)F)cc(F)c1OC(CF)CF. The summed E-state index contributed by atoms with van der Waals surface area (Å²) < 4.78 is 76.4. The van der Waals surface area contributed by atoms with E-state index in [4.69, 9.17) is 9.47 Å². The lowest BCUT2D eigenvalue weighted by atomic mass is 10.1. The lowest BCUT2D eigenvalue weighted by Gasteiger charge is -2.20. The molecule has 0 bridgehead atoms. The largest absolute Gasteiger partial charge is 0.487 e. The van der Waals surface area contributed by atoms with Crippen LogP contribution in [0.3, 0.4) is 0 Å². The van der Waals surface area contributed by atoms with Crippen LogP contribution >= 0.6 is 15.9 Å². The molecule has 0 aliphatic carbocycles. The predicted octanol–water partition coefficient (Wildman–Crippen LogP) is 5.08. The molecule has 0 unspecified atom stereocenters. The van der Waals surface area contributed by atoms with Gasteiger partial charge in [0.25, 0.3) is 6.43 Å². The molecule has 0 fully saturated rings. The Morgan fingerprint density at radius 1 is 1.17 bits per heavy atom. The number of amides is 2. The van der Waals surface area contributed by atoms with Crippen LogP contribution in [-0.4, -0.2) is 56.8 Å². The maximum atomic E-state index is 14.7. The topological polar surface area (TPSA) is 67.9 Å². The van der Waals surface area contributed by atoms with Gasteiger partial charge in [-0.3, -0.25) is 9.59 Å². The zero-order valence-corrected chi connectivity index (χ0v) is 20.3. The lowest BCUT2D eigenvalue weighted by Crippen LogP contribution is -2.24. The molecule has 0 spiro atoms. The number of carbonyl (C=O) groups is 2. The molecule has 0 radical (unpaired) electrons. The first-order valence-electron chi connectivity index (χ1n) is 10.4. The summed E-state index contributed by atoms with van der Waals surface area (Å²) in [5.74, 6) is -1.70. The summed E-state index contributed by atoms with van der Waals surface area (Å²) in [5.41, 5.74) is 0.646. The quantitative estimate of drug-likeness (QED) is 0.256. The van der Waals surface area contributed by atoms with Crippen molar-refractivity contribution in [2.75, 3.05) is 32.3 Å². The van der Waals surface area contributed by atoms with E-state index in [9.17, 15) is 31.5 Å². The molecule has 0 atom stereocenters. The molecule has 0 aliphatic heterocycles. The van der Waals surface area contributed by atoms with E-state index in [0.29, 0.717) is 16.4 Å². The van der Waals surface area contributed by atoms with Gasteiger partial charge in [0, 0.05) is 41.8 Å². The number of anilines is 1. The normalized spacial score (nSPS) is 11.0. The standard InChI is InChI=1S/C23H24BrF5N2O4/c1-31(13-32)11-15-7-17(8-19(27)23(15)35-18(9-25)10-26)30-22(33)5-2-14-6-16(24)3-4-20(14)34-12-21(28)29/h3-4,6-8,13,18,21H,2,5,9-12H2,1H3,(H,30,33). The second kappa shape index (κ2) is 13.9. The highest BCUT2D eigenvalue weighted by molar-refractivity contribution is 9.10. The van der Waals surface area contributed by atoms with Gasteiger partial charge in [0.1, 0.15) is 25.7 Å². The molecule has 1 N–H and O–H groups in total. The van der Waals surface area contributed by atoms with Gasteiger partial charge in [0.15, 0.2) is 17.7 Å². The minimum Gasteiger partial charge on any atom is -0.487 e. The third-order valence-electron chi connectivity index (χ3n) is 4.64. The van der Waals surface area contributed by atoms with Crippen molar-refractivity contribution >= 4 is 33.9 Å². The van der Waals surface area contributed by atoms with Gasteiger partial charge in [-0.25, -0.2) is 22.0 Å². The van der Waals surface area contributed by atoms with Crippen LogP contribution in [0.15, 0.2) is 34.8 Å². The zero-order chi connectivity index (χ0) is 26.0. The molecule has 0 saturated heterocycles. The predicted molar refractivity (Wildman–Crippen MR) is 123 cm³/mol. The number of carbonyl (C=O) groups excluding carboxylic acids is 2. The van der Waals surface area contributed by atoms with E-state index in [2.05, 4.69) is 21.2 Å². The summed E-state index contributed by atoms with van der Waals surface area (Å²) in [6.07, 6.45) is -3.65. The molecule has 2 aromatic rings. The molecule has 0 aromatic heterocycles. The first kappa shape index (κ1) is 28.3. The minimum absolute atomic E-state index is 0.0367. The number of rotatable bonds is 14. The third kappa shape index (κ3) is 9.00. The van der Waals surface area contributed by atoms with Crippen LogP contribution in [-0.2, 0) is 22.6 Å². The fraction of sp³-hybridized carbons (Fsp3) is 0.391. The molecule has 2 rings (SSSR count). The summed E-state index contributed by atoms with van der Waals surface area (Å²) in [6.45, 7) is -3.31. The smallest absolute Gasteiger partial charge is 0.272 e. The number of aryl methyl sites for hydroxylation is 1. The van der Waals surface area contributed by atoms with Crippen molar-refractivity contribution in [3.63, 3.8) is 0 Å². The average molecular weight is 567 g/mol. The molecule has 35 heavy (non-hydrogen) atoms. The van der Waals surface area contributed by atoms with Crippen molar-refractivity contribution in [2.24, 2.45) is 0 Å². The third-order valence-corrected chi connectivity index (χ3v) is 5.13. The van der Waals surface area contributed by atoms with Crippen LogP contribution in [0.25, 0.3) is 0 Å². The molecule has 0 heterocycles. The summed E-state index contributed by atoms with van der Waals surface area (Å²) in [5, 5.41) is 2.52. The minimum atomic E-state index is -2.66. The number of hydrogen-bond donors (Lipinski definition) is 1. The van der Waals surface area contributed by atoms with Gasteiger partial charge in [-0.1, -0.05) is 15.9 Å². The van der Waals surface area contributed by atoms with Crippen LogP contribution in [0.4, 0.5) is 27.6 Å². The monoisotopic (exact) mass is 566 g/mol. The number of nitrogens with zero attached hydrogens (tertiary/aromatic N) is 1. The van der Waals surface area contributed by atoms with Crippen LogP contribution in [0.5, 0.6) is 11.5 Å². The molecular formula is C23H24BrF5N2O4. The van der Waals surface area contributed by atoms with E-state index in [-0.39, 0.29) is 36.4 Å². The van der Waals surface area contributed by atoms with Crippen molar-refractivity contribution in [3.05, 3.63) is 51.7 Å². The first-order valence-corrected chi connectivity index (χ1v) is 11.2. The highest BCUT2D eigenvalue weighted by Gasteiger charge is 2.20. The lowest BCUT2D eigenvalue weighted by molar-refractivity contribution is -0.117. The van der Waals surface area contributed by atoms with Gasteiger partial charge in [0.2, 0.25) is 12.3 Å².